The number of imidazole rings is 1. The van der Waals surface area contributed by atoms with Gasteiger partial charge in [-0.05, 0) is 22.9 Å². The van der Waals surface area contributed by atoms with Gasteiger partial charge in [-0.3, -0.25) is 5.26 Å². The van der Waals surface area contributed by atoms with E-state index >= 15 is 0 Å². The van der Waals surface area contributed by atoms with Crippen molar-refractivity contribution in [1.82, 2.24) is 9.97 Å². The molecule has 0 bridgehead atoms. The van der Waals surface area contributed by atoms with Crippen molar-refractivity contribution in [2.75, 3.05) is 0 Å². The van der Waals surface area contributed by atoms with Crippen LogP contribution in [0.5, 0.6) is 0 Å². The van der Waals surface area contributed by atoms with E-state index in [9.17, 15) is 13.2 Å². The summed E-state index contributed by atoms with van der Waals surface area (Å²) in [5.74, 6) is 0.541. The lowest BCUT2D eigenvalue weighted by Crippen LogP contribution is -2.04. The molecule has 4 rings (SSSR count). The lowest BCUT2D eigenvalue weighted by atomic mass is 10.0. The maximum atomic E-state index is 12.8. The van der Waals surface area contributed by atoms with Crippen molar-refractivity contribution in [3.05, 3.63) is 78.0 Å². The summed E-state index contributed by atoms with van der Waals surface area (Å²) in [7, 11) is 0. The summed E-state index contributed by atoms with van der Waals surface area (Å²) < 4.78 is 38.5. The molecule has 0 aliphatic rings. The summed E-state index contributed by atoms with van der Waals surface area (Å²) in [4.78, 5) is 12.0. The summed E-state index contributed by atoms with van der Waals surface area (Å²) in [5, 5.41) is 10.9. The zero-order valence-corrected chi connectivity index (χ0v) is 14.5. The van der Waals surface area contributed by atoms with Gasteiger partial charge in [-0.25, -0.2) is 9.87 Å². The third kappa shape index (κ3) is 3.37. The number of alkyl halides is 3. The van der Waals surface area contributed by atoms with Crippen LogP contribution in [0.4, 0.5) is 13.2 Å². The Kier molecular flexibility index (Phi) is 4.62. The molecule has 3 aromatic carbocycles. The second-order valence-electron chi connectivity index (χ2n) is 6.29. The standard InChI is InChI=1S/C21H15F3N2O2/c22-21(23,24)15-10-8-14(9-11-15)19-18(12-28-27)25-20(26-19)17-7-3-5-13-4-1-2-6-16(13)17/h1-11,27H,12H2,(H,25,26). The number of H-pyrrole nitrogens is 1. The van der Waals surface area contributed by atoms with Crippen LogP contribution >= 0.6 is 0 Å². The smallest absolute Gasteiger partial charge is 0.339 e. The summed E-state index contributed by atoms with van der Waals surface area (Å²) >= 11 is 0. The van der Waals surface area contributed by atoms with E-state index in [-0.39, 0.29) is 6.61 Å². The second kappa shape index (κ2) is 7.10. The molecule has 0 aliphatic heterocycles. The molecule has 0 spiro atoms. The maximum Gasteiger partial charge on any atom is 0.416 e. The number of nitrogens with zero attached hydrogens (tertiary/aromatic N) is 1. The quantitative estimate of drug-likeness (QED) is 0.340. The summed E-state index contributed by atoms with van der Waals surface area (Å²) in [6.45, 7) is -0.172. The van der Waals surface area contributed by atoms with E-state index in [0.717, 1.165) is 28.5 Å². The van der Waals surface area contributed by atoms with E-state index in [4.69, 9.17) is 5.26 Å². The Morgan fingerprint density at radius 2 is 1.64 bits per heavy atom. The van der Waals surface area contributed by atoms with Crippen molar-refractivity contribution in [1.29, 1.82) is 0 Å². The average Bonchev–Trinajstić information content (AvgIpc) is 3.11. The summed E-state index contributed by atoms with van der Waals surface area (Å²) in [6, 6.07) is 18.3. The summed E-state index contributed by atoms with van der Waals surface area (Å²) in [6.07, 6.45) is -4.41. The van der Waals surface area contributed by atoms with Crippen LogP contribution in [0.2, 0.25) is 0 Å². The predicted octanol–water partition coefficient (Wildman–Crippen LogP) is 5.91. The zero-order valence-electron chi connectivity index (χ0n) is 14.5. The first-order chi connectivity index (χ1) is 13.5. The lowest BCUT2D eigenvalue weighted by Gasteiger charge is -2.07. The van der Waals surface area contributed by atoms with Gasteiger partial charge >= 0.3 is 6.18 Å². The van der Waals surface area contributed by atoms with Gasteiger partial charge in [0.2, 0.25) is 0 Å². The molecule has 4 aromatic rings. The Bertz CT molecular complexity index is 1110. The molecule has 4 nitrogen and oxygen atoms in total. The molecule has 0 radical (unpaired) electrons. The minimum Gasteiger partial charge on any atom is -0.339 e. The van der Waals surface area contributed by atoms with E-state index in [1.807, 2.05) is 42.5 Å². The van der Waals surface area contributed by atoms with Crippen molar-refractivity contribution < 1.29 is 23.3 Å². The monoisotopic (exact) mass is 384 g/mol. The fourth-order valence-electron chi connectivity index (χ4n) is 3.19. The van der Waals surface area contributed by atoms with Gasteiger partial charge in [0.1, 0.15) is 12.4 Å². The van der Waals surface area contributed by atoms with Crippen molar-refractivity contribution in [3.8, 4) is 22.6 Å². The Hall–Kier alpha value is -3.16. The highest BCUT2D eigenvalue weighted by molar-refractivity contribution is 5.95. The first-order valence-electron chi connectivity index (χ1n) is 8.48. The highest BCUT2D eigenvalue weighted by Crippen LogP contribution is 2.33. The fraction of sp³-hybridized carbons (Fsp3) is 0.0952. The molecule has 0 atom stereocenters. The molecule has 142 valence electrons. The van der Waals surface area contributed by atoms with Crippen molar-refractivity contribution in [2.45, 2.75) is 12.8 Å². The first-order valence-corrected chi connectivity index (χ1v) is 8.48. The fourth-order valence-corrected chi connectivity index (χ4v) is 3.19. The Morgan fingerprint density at radius 3 is 2.36 bits per heavy atom. The molecule has 0 saturated heterocycles. The number of aromatic amines is 1. The van der Waals surface area contributed by atoms with Crippen LogP contribution < -0.4 is 0 Å². The Balaban J connectivity index is 1.82. The van der Waals surface area contributed by atoms with Crippen LogP contribution in [0.3, 0.4) is 0 Å². The van der Waals surface area contributed by atoms with Crippen LogP contribution in [0.15, 0.2) is 66.7 Å². The largest absolute Gasteiger partial charge is 0.416 e. The number of rotatable bonds is 4. The van der Waals surface area contributed by atoms with Crippen molar-refractivity contribution >= 4 is 10.8 Å². The number of aromatic nitrogens is 2. The predicted molar refractivity (Wildman–Crippen MR) is 99.4 cm³/mol. The molecule has 0 aliphatic carbocycles. The zero-order chi connectivity index (χ0) is 19.7. The number of halogens is 3. The third-order valence-electron chi connectivity index (χ3n) is 4.52. The van der Waals surface area contributed by atoms with Crippen molar-refractivity contribution in [3.63, 3.8) is 0 Å². The highest BCUT2D eigenvalue weighted by Gasteiger charge is 2.30. The molecule has 0 unspecified atom stereocenters. The first kappa shape index (κ1) is 18.2. The number of fused-ring (bicyclic) bond motifs is 1. The van der Waals surface area contributed by atoms with Crippen LogP contribution in [-0.4, -0.2) is 15.2 Å². The van der Waals surface area contributed by atoms with Gasteiger partial charge in [0.05, 0.1) is 17.0 Å². The van der Waals surface area contributed by atoms with Gasteiger partial charge in [-0.2, -0.15) is 13.2 Å². The SMILES string of the molecule is OOCc1[nH]c(-c2cccc3ccccc23)nc1-c1ccc(C(F)(F)F)cc1. The molecule has 7 heteroatoms. The van der Waals surface area contributed by atoms with E-state index < -0.39 is 11.7 Å². The van der Waals surface area contributed by atoms with Crippen LogP contribution in [-0.2, 0) is 17.7 Å². The molecule has 28 heavy (non-hydrogen) atoms. The molecule has 1 aromatic heterocycles. The number of nitrogens with one attached hydrogen (secondary N) is 1. The van der Waals surface area contributed by atoms with Gasteiger partial charge in [0.15, 0.2) is 0 Å². The molecular weight excluding hydrogens is 369 g/mol. The molecule has 2 N–H and O–H groups in total. The minimum atomic E-state index is -4.41. The van der Waals surface area contributed by atoms with Gasteiger partial charge in [-0.15, -0.1) is 0 Å². The van der Waals surface area contributed by atoms with Gasteiger partial charge in [0, 0.05) is 11.1 Å². The molecule has 0 saturated carbocycles. The number of hydrogen-bond donors (Lipinski definition) is 2. The lowest BCUT2D eigenvalue weighted by molar-refractivity contribution is -0.253. The molecule has 0 fully saturated rings. The van der Waals surface area contributed by atoms with Crippen molar-refractivity contribution in [2.24, 2.45) is 0 Å². The minimum absolute atomic E-state index is 0.172. The number of hydrogen-bond acceptors (Lipinski definition) is 3. The average molecular weight is 384 g/mol. The summed E-state index contributed by atoms with van der Waals surface area (Å²) in [5.41, 5.74) is 1.48. The Morgan fingerprint density at radius 1 is 0.929 bits per heavy atom. The molecule has 1 heterocycles. The van der Waals surface area contributed by atoms with E-state index in [1.54, 1.807) is 0 Å². The van der Waals surface area contributed by atoms with Crippen LogP contribution in [0, 0.1) is 0 Å². The van der Waals surface area contributed by atoms with E-state index in [1.165, 1.54) is 12.1 Å². The van der Waals surface area contributed by atoms with Gasteiger partial charge < -0.3 is 4.98 Å². The highest BCUT2D eigenvalue weighted by atomic mass is 19.4. The Labute approximate surface area is 158 Å². The number of benzene rings is 3. The van der Waals surface area contributed by atoms with Crippen LogP contribution in [0.1, 0.15) is 11.3 Å². The maximum absolute atomic E-state index is 12.8. The topological polar surface area (TPSA) is 58.1 Å². The second-order valence-corrected chi connectivity index (χ2v) is 6.29. The normalized spacial score (nSPS) is 11.9. The molecule has 0 amide bonds. The van der Waals surface area contributed by atoms with Crippen LogP contribution in [0.25, 0.3) is 33.4 Å². The van der Waals surface area contributed by atoms with Gasteiger partial charge in [0.25, 0.3) is 0 Å². The molecular formula is C21H15F3N2O2. The third-order valence-corrected chi connectivity index (χ3v) is 4.52. The van der Waals surface area contributed by atoms with E-state index in [0.29, 0.717) is 22.8 Å². The van der Waals surface area contributed by atoms with E-state index in [2.05, 4.69) is 14.9 Å². The van der Waals surface area contributed by atoms with Gasteiger partial charge in [-0.1, -0.05) is 54.6 Å².